The summed E-state index contributed by atoms with van der Waals surface area (Å²) in [5.41, 5.74) is 3.02. The van der Waals surface area contributed by atoms with Crippen LogP contribution in [0.15, 0.2) is 77.7 Å². The number of halogens is 1. The lowest BCUT2D eigenvalue weighted by atomic mass is 10.1. The summed E-state index contributed by atoms with van der Waals surface area (Å²) in [4.78, 5) is 28.3. The number of carbonyl (C=O) groups excluding carboxylic acids is 2. The molecule has 3 aromatic carbocycles. The number of nitrogens with zero attached hydrogens (tertiary/aromatic N) is 2. The molecule has 3 aromatic rings. The van der Waals surface area contributed by atoms with Crippen molar-refractivity contribution >= 4 is 39.1 Å². The van der Waals surface area contributed by atoms with Crippen molar-refractivity contribution in [1.29, 1.82) is 0 Å². The molecule has 0 aliphatic rings. The van der Waals surface area contributed by atoms with Crippen LogP contribution < -0.4 is 9.62 Å². The molecule has 0 spiro atoms. The summed E-state index contributed by atoms with van der Waals surface area (Å²) in [6.07, 6.45) is 0. The number of nitrogens with one attached hydrogen (secondary N) is 1. The average Bonchev–Trinajstić information content (AvgIpc) is 2.86. The molecule has 3 rings (SSSR count). The van der Waals surface area contributed by atoms with E-state index in [1.807, 2.05) is 58.0 Å². The van der Waals surface area contributed by atoms with Crippen molar-refractivity contribution in [2.45, 2.75) is 58.1 Å². The van der Waals surface area contributed by atoms with Crippen LogP contribution in [0, 0.1) is 13.8 Å². The average molecular weight is 556 g/mol. The van der Waals surface area contributed by atoms with Crippen LogP contribution >= 0.6 is 11.6 Å². The molecule has 0 heterocycles. The molecule has 202 valence electrons. The van der Waals surface area contributed by atoms with E-state index in [4.69, 9.17) is 11.6 Å². The largest absolute Gasteiger partial charge is 0.352 e. The van der Waals surface area contributed by atoms with E-state index in [1.54, 1.807) is 25.1 Å². The Morgan fingerprint density at radius 1 is 0.921 bits per heavy atom. The Hall–Kier alpha value is -3.36. The van der Waals surface area contributed by atoms with Gasteiger partial charge in [-0.2, -0.15) is 0 Å². The van der Waals surface area contributed by atoms with E-state index in [-0.39, 0.29) is 23.4 Å². The van der Waals surface area contributed by atoms with Gasteiger partial charge in [0.15, 0.2) is 0 Å². The van der Waals surface area contributed by atoms with Crippen LogP contribution in [0.4, 0.5) is 5.69 Å². The Labute approximate surface area is 230 Å². The number of aryl methyl sites for hydroxylation is 2. The van der Waals surface area contributed by atoms with Gasteiger partial charge < -0.3 is 10.2 Å². The Balaban J connectivity index is 2.04. The van der Waals surface area contributed by atoms with Crippen LogP contribution in [-0.2, 0) is 26.2 Å². The van der Waals surface area contributed by atoms with Gasteiger partial charge in [0.1, 0.15) is 12.6 Å². The summed E-state index contributed by atoms with van der Waals surface area (Å²) in [6.45, 7) is 8.79. The van der Waals surface area contributed by atoms with Crippen LogP contribution in [0.1, 0.15) is 37.5 Å². The molecule has 0 aliphatic carbocycles. The van der Waals surface area contributed by atoms with Gasteiger partial charge in [0, 0.05) is 17.6 Å². The van der Waals surface area contributed by atoms with Gasteiger partial charge >= 0.3 is 0 Å². The molecule has 1 unspecified atom stereocenters. The molecule has 1 N–H and O–H groups in total. The van der Waals surface area contributed by atoms with Crippen molar-refractivity contribution in [3.8, 4) is 0 Å². The van der Waals surface area contributed by atoms with Crippen molar-refractivity contribution in [3.63, 3.8) is 0 Å². The first-order chi connectivity index (χ1) is 17.9. The Morgan fingerprint density at radius 2 is 1.58 bits per heavy atom. The standard InChI is InChI=1S/C29H34ClN3O4S/c1-20(2)31-29(35)23(5)32(18-24-11-7-6-10-22(24)4)28(34)19-33(26-12-8-9-21(3)17-26)38(36,37)27-15-13-25(30)14-16-27/h6-17,20,23H,18-19H2,1-5H3,(H,31,35). The maximum atomic E-state index is 13.9. The lowest BCUT2D eigenvalue weighted by Crippen LogP contribution is -2.52. The number of anilines is 1. The van der Waals surface area contributed by atoms with Gasteiger partial charge in [0.2, 0.25) is 11.8 Å². The molecule has 0 saturated carbocycles. The molecule has 7 nitrogen and oxygen atoms in total. The fourth-order valence-corrected chi connectivity index (χ4v) is 5.54. The summed E-state index contributed by atoms with van der Waals surface area (Å²) in [5, 5.41) is 3.25. The van der Waals surface area contributed by atoms with Crippen LogP contribution in [0.2, 0.25) is 5.02 Å². The highest BCUT2D eigenvalue weighted by molar-refractivity contribution is 7.92. The van der Waals surface area contributed by atoms with E-state index in [9.17, 15) is 18.0 Å². The summed E-state index contributed by atoms with van der Waals surface area (Å²) >= 11 is 5.99. The minimum absolute atomic E-state index is 0.00672. The summed E-state index contributed by atoms with van der Waals surface area (Å²) in [6, 6.07) is 19.4. The highest BCUT2D eigenvalue weighted by Crippen LogP contribution is 2.26. The smallest absolute Gasteiger partial charge is 0.264 e. The molecule has 1 atom stereocenters. The minimum Gasteiger partial charge on any atom is -0.352 e. The molecule has 9 heteroatoms. The van der Waals surface area contributed by atoms with Gasteiger partial charge in [-0.05, 0) is 87.7 Å². The molecule has 0 saturated heterocycles. The van der Waals surface area contributed by atoms with Gasteiger partial charge in [-0.3, -0.25) is 13.9 Å². The first-order valence-corrected chi connectivity index (χ1v) is 14.2. The minimum atomic E-state index is -4.14. The third-order valence-electron chi connectivity index (χ3n) is 6.17. The summed E-state index contributed by atoms with van der Waals surface area (Å²) in [7, 11) is -4.14. The maximum absolute atomic E-state index is 13.9. The third kappa shape index (κ3) is 7.14. The monoisotopic (exact) mass is 555 g/mol. The normalized spacial score (nSPS) is 12.2. The Morgan fingerprint density at radius 3 is 2.18 bits per heavy atom. The summed E-state index contributed by atoms with van der Waals surface area (Å²) < 4.78 is 28.7. The third-order valence-corrected chi connectivity index (χ3v) is 8.21. The predicted molar refractivity (Wildman–Crippen MR) is 152 cm³/mol. The lowest BCUT2D eigenvalue weighted by Gasteiger charge is -2.32. The topological polar surface area (TPSA) is 86.8 Å². The molecule has 38 heavy (non-hydrogen) atoms. The molecular weight excluding hydrogens is 522 g/mol. The van der Waals surface area contributed by atoms with Gasteiger partial charge in [-0.1, -0.05) is 48.0 Å². The van der Waals surface area contributed by atoms with Crippen molar-refractivity contribution < 1.29 is 18.0 Å². The molecule has 0 radical (unpaired) electrons. The fraction of sp³-hybridized carbons (Fsp3) is 0.310. The van der Waals surface area contributed by atoms with Crippen LogP contribution in [-0.4, -0.2) is 43.8 Å². The lowest BCUT2D eigenvalue weighted by molar-refractivity contribution is -0.139. The van der Waals surface area contributed by atoms with E-state index in [0.717, 1.165) is 21.0 Å². The van der Waals surface area contributed by atoms with Gasteiger partial charge in [0.25, 0.3) is 10.0 Å². The molecular formula is C29H34ClN3O4S. The second kappa shape index (κ2) is 12.5. The highest BCUT2D eigenvalue weighted by Gasteiger charge is 2.32. The van der Waals surface area contributed by atoms with Crippen molar-refractivity contribution in [2.75, 3.05) is 10.8 Å². The fourth-order valence-electron chi connectivity index (χ4n) is 4.00. The van der Waals surface area contributed by atoms with Crippen molar-refractivity contribution in [3.05, 3.63) is 94.5 Å². The first-order valence-electron chi connectivity index (χ1n) is 12.4. The number of hydrogen-bond donors (Lipinski definition) is 1. The van der Waals surface area contributed by atoms with Crippen LogP contribution in [0.5, 0.6) is 0 Å². The highest BCUT2D eigenvalue weighted by atomic mass is 35.5. The van der Waals surface area contributed by atoms with E-state index in [0.29, 0.717) is 10.7 Å². The van der Waals surface area contributed by atoms with E-state index in [1.165, 1.54) is 29.2 Å². The van der Waals surface area contributed by atoms with Crippen LogP contribution in [0.3, 0.4) is 0 Å². The number of sulfonamides is 1. The zero-order chi connectivity index (χ0) is 28.0. The number of benzene rings is 3. The molecule has 0 aliphatic heterocycles. The molecule has 0 aromatic heterocycles. The second-order valence-electron chi connectivity index (χ2n) is 9.59. The van der Waals surface area contributed by atoms with Gasteiger partial charge in [-0.25, -0.2) is 8.42 Å². The van der Waals surface area contributed by atoms with E-state index in [2.05, 4.69) is 5.32 Å². The second-order valence-corrected chi connectivity index (χ2v) is 11.9. The van der Waals surface area contributed by atoms with E-state index < -0.39 is 28.5 Å². The number of amides is 2. The predicted octanol–water partition coefficient (Wildman–Crippen LogP) is 5.09. The number of carbonyl (C=O) groups is 2. The molecule has 2 amide bonds. The van der Waals surface area contributed by atoms with E-state index >= 15 is 0 Å². The van der Waals surface area contributed by atoms with Crippen molar-refractivity contribution in [1.82, 2.24) is 10.2 Å². The molecule has 0 fully saturated rings. The quantitative estimate of drug-likeness (QED) is 0.377. The Bertz CT molecular complexity index is 1390. The molecule has 0 bridgehead atoms. The maximum Gasteiger partial charge on any atom is 0.264 e. The zero-order valence-corrected chi connectivity index (χ0v) is 23.9. The van der Waals surface area contributed by atoms with Gasteiger partial charge in [-0.15, -0.1) is 0 Å². The Kier molecular flexibility index (Phi) is 9.57. The van der Waals surface area contributed by atoms with Crippen molar-refractivity contribution in [2.24, 2.45) is 0 Å². The number of hydrogen-bond acceptors (Lipinski definition) is 4. The first kappa shape index (κ1) is 29.2. The van der Waals surface area contributed by atoms with Gasteiger partial charge in [0.05, 0.1) is 10.6 Å². The van der Waals surface area contributed by atoms with Crippen LogP contribution in [0.25, 0.3) is 0 Å². The SMILES string of the molecule is Cc1cccc(N(CC(=O)N(Cc2ccccc2C)C(C)C(=O)NC(C)C)S(=O)(=O)c2ccc(Cl)cc2)c1. The number of rotatable bonds is 10. The summed E-state index contributed by atoms with van der Waals surface area (Å²) in [5.74, 6) is -0.816. The zero-order valence-electron chi connectivity index (χ0n) is 22.3.